The number of hydrogen-bond donors (Lipinski definition) is 2. The number of nitrogens with one attached hydrogen (secondary N) is 2. The van der Waals surface area contributed by atoms with Gasteiger partial charge < -0.3 is 20.4 Å². The highest BCUT2D eigenvalue weighted by Gasteiger charge is 2.38. The summed E-state index contributed by atoms with van der Waals surface area (Å²) in [5.74, 6) is 0.599. The van der Waals surface area contributed by atoms with E-state index in [1.165, 1.54) is 6.42 Å². The summed E-state index contributed by atoms with van der Waals surface area (Å²) in [6.07, 6.45) is 7.10. The van der Waals surface area contributed by atoms with E-state index in [2.05, 4.69) is 20.6 Å². The van der Waals surface area contributed by atoms with Crippen LogP contribution in [-0.4, -0.2) is 59.5 Å². The van der Waals surface area contributed by atoms with E-state index < -0.39 is 12.1 Å². The summed E-state index contributed by atoms with van der Waals surface area (Å²) in [5.41, 5.74) is 0.495. The molecule has 1 atom stereocenters. The Bertz CT molecular complexity index is 584. The molecule has 3 amide bonds. The van der Waals surface area contributed by atoms with Crippen LogP contribution >= 0.6 is 0 Å². The van der Waals surface area contributed by atoms with Crippen molar-refractivity contribution in [1.82, 2.24) is 20.2 Å². The number of amides is 3. The topological polar surface area (TPSA) is 90.5 Å². The van der Waals surface area contributed by atoms with Crippen LogP contribution in [0.2, 0.25) is 0 Å². The maximum absolute atomic E-state index is 12.3. The molecule has 23 heavy (non-hydrogen) atoms. The third kappa shape index (κ3) is 3.35. The van der Waals surface area contributed by atoms with Gasteiger partial charge in [0, 0.05) is 26.7 Å². The van der Waals surface area contributed by atoms with Gasteiger partial charge >= 0.3 is 6.03 Å². The number of hydrogen-bond acceptors (Lipinski definition) is 5. The predicted octanol–water partition coefficient (Wildman–Crippen LogP) is 0.817. The number of anilines is 2. The van der Waals surface area contributed by atoms with Crippen LogP contribution in [0.4, 0.5) is 16.4 Å². The van der Waals surface area contributed by atoms with Crippen molar-refractivity contribution in [3.8, 4) is 0 Å². The van der Waals surface area contributed by atoms with Crippen LogP contribution in [-0.2, 0) is 4.79 Å². The van der Waals surface area contributed by atoms with E-state index in [0.717, 1.165) is 19.4 Å². The molecule has 0 bridgehead atoms. The minimum Gasteiger partial charge on any atom is -0.347 e. The van der Waals surface area contributed by atoms with Crippen molar-refractivity contribution in [3.63, 3.8) is 0 Å². The van der Waals surface area contributed by atoms with E-state index >= 15 is 0 Å². The quantitative estimate of drug-likeness (QED) is 0.857. The first kappa shape index (κ1) is 15.5. The fourth-order valence-corrected chi connectivity index (χ4v) is 2.84. The fraction of sp³-hybridized carbons (Fsp3) is 0.600. The minimum atomic E-state index is -0.433. The van der Waals surface area contributed by atoms with E-state index in [9.17, 15) is 9.59 Å². The van der Waals surface area contributed by atoms with E-state index in [1.807, 2.05) is 19.0 Å². The second-order valence-corrected chi connectivity index (χ2v) is 6.22. The van der Waals surface area contributed by atoms with E-state index in [4.69, 9.17) is 0 Å². The molecule has 2 N–H and O–H groups in total. The van der Waals surface area contributed by atoms with Gasteiger partial charge in [0.05, 0.1) is 18.1 Å². The van der Waals surface area contributed by atoms with Crippen molar-refractivity contribution in [2.24, 2.45) is 0 Å². The zero-order valence-electron chi connectivity index (χ0n) is 13.5. The Hall–Kier alpha value is -2.38. The Balaban J connectivity index is 1.52. The molecular formula is C15H22N6O2. The smallest absolute Gasteiger partial charge is 0.319 e. The Morgan fingerprint density at radius 1 is 1.26 bits per heavy atom. The first-order valence-corrected chi connectivity index (χ1v) is 7.92. The number of likely N-dealkylation sites (tertiary alicyclic amines) is 1. The summed E-state index contributed by atoms with van der Waals surface area (Å²) in [6.45, 7) is 0.731. The summed E-state index contributed by atoms with van der Waals surface area (Å²) >= 11 is 0. The van der Waals surface area contributed by atoms with Crippen molar-refractivity contribution < 1.29 is 9.59 Å². The van der Waals surface area contributed by atoms with Crippen LogP contribution in [0, 0.1) is 0 Å². The lowest BCUT2D eigenvalue weighted by Gasteiger charge is -2.34. The molecule has 0 spiro atoms. The number of nitrogens with zero attached hydrogens (tertiary/aromatic N) is 4. The first-order valence-electron chi connectivity index (χ1n) is 7.92. The number of urea groups is 1. The van der Waals surface area contributed by atoms with E-state index in [0.29, 0.717) is 24.1 Å². The number of carbonyl (C=O) groups excluding carboxylic acids is 2. The molecule has 1 unspecified atom stereocenters. The van der Waals surface area contributed by atoms with Gasteiger partial charge in [0.2, 0.25) is 11.9 Å². The molecule has 0 radical (unpaired) electrons. The Morgan fingerprint density at radius 3 is 2.52 bits per heavy atom. The van der Waals surface area contributed by atoms with Crippen LogP contribution < -0.4 is 15.5 Å². The molecule has 1 saturated carbocycles. The molecule has 0 aromatic carbocycles. The second-order valence-electron chi connectivity index (χ2n) is 6.22. The minimum absolute atomic E-state index is 0.0315. The van der Waals surface area contributed by atoms with Crippen LogP contribution in [0.1, 0.15) is 25.7 Å². The van der Waals surface area contributed by atoms with Gasteiger partial charge in [-0.25, -0.2) is 14.8 Å². The lowest BCUT2D eigenvalue weighted by Crippen LogP contribution is -2.47. The normalized spacial score (nSPS) is 21.0. The molecule has 124 valence electrons. The highest BCUT2D eigenvalue weighted by Crippen LogP contribution is 2.28. The maximum atomic E-state index is 12.3. The number of rotatable bonds is 4. The molecule has 1 aliphatic carbocycles. The molecule has 8 heteroatoms. The van der Waals surface area contributed by atoms with Crippen LogP contribution in [0.3, 0.4) is 0 Å². The summed E-state index contributed by atoms with van der Waals surface area (Å²) in [7, 11) is 3.68. The molecule has 1 aliphatic heterocycles. The largest absolute Gasteiger partial charge is 0.347 e. The highest BCUT2D eigenvalue weighted by atomic mass is 16.2. The lowest BCUT2D eigenvalue weighted by molar-refractivity contribution is -0.132. The zero-order valence-corrected chi connectivity index (χ0v) is 13.5. The molecule has 2 heterocycles. The summed E-state index contributed by atoms with van der Waals surface area (Å²) < 4.78 is 0. The van der Waals surface area contributed by atoms with Gasteiger partial charge in [-0.05, 0) is 25.7 Å². The average Bonchev–Trinajstić information content (AvgIpc) is 2.79. The van der Waals surface area contributed by atoms with Gasteiger partial charge in [0.15, 0.2) is 0 Å². The van der Waals surface area contributed by atoms with Crippen molar-refractivity contribution >= 4 is 23.6 Å². The van der Waals surface area contributed by atoms with Crippen molar-refractivity contribution in [2.75, 3.05) is 30.9 Å². The third-order valence-electron chi connectivity index (χ3n) is 4.36. The van der Waals surface area contributed by atoms with E-state index in [-0.39, 0.29) is 5.91 Å². The van der Waals surface area contributed by atoms with Gasteiger partial charge in [0.1, 0.15) is 6.04 Å². The van der Waals surface area contributed by atoms with Gasteiger partial charge in [-0.15, -0.1) is 0 Å². The zero-order chi connectivity index (χ0) is 16.4. The van der Waals surface area contributed by atoms with Crippen molar-refractivity contribution in [3.05, 3.63) is 12.4 Å². The lowest BCUT2D eigenvalue weighted by atomic mass is 9.92. The average molecular weight is 318 g/mol. The molecular weight excluding hydrogens is 296 g/mol. The molecule has 1 saturated heterocycles. The number of aromatic nitrogens is 2. The van der Waals surface area contributed by atoms with Gasteiger partial charge in [-0.1, -0.05) is 0 Å². The Labute approximate surface area is 135 Å². The Morgan fingerprint density at radius 2 is 1.96 bits per heavy atom. The molecule has 2 aliphatic rings. The molecule has 8 nitrogen and oxygen atoms in total. The molecule has 1 aromatic heterocycles. The SMILES string of the molecule is CN(C)c1ncc(NC(=O)NC2CCN(C3CCC3)C2=O)cn1. The second kappa shape index (κ2) is 6.39. The van der Waals surface area contributed by atoms with Crippen molar-refractivity contribution in [1.29, 1.82) is 0 Å². The van der Waals surface area contributed by atoms with Crippen LogP contribution in [0.5, 0.6) is 0 Å². The summed E-state index contributed by atoms with van der Waals surface area (Å²) in [5, 5.41) is 5.40. The molecule has 3 rings (SSSR count). The first-order chi connectivity index (χ1) is 11.0. The third-order valence-corrected chi connectivity index (χ3v) is 4.36. The van der Waals surface area contributed by atoms with Gasteiger partial charge in [-0.2, -0.15) is 0 Å². The molecule has 2 fully saturated rings. The standard InChI is InChI=1S/C15H22N6O2/c1-20(2)14-16-8-10(9-17-14)18-15(23)19-12-6-7-21(13(12)22)11-4-3-5-11/h8-9,11-12H,3-7H2,1-2H3,(H2,18,19,23). The van der Waals surface area contributed by atoms with E-state index in [1.54, 1.807) is 17.3 Å². The maximum Gasteiger partial charge on any atom is 0.319 e. The highest BCUT2D eigenvalue weighted by molar-refractivity contribution is 5.94. The fourth-order valence-electron chi connectivity index (χ4n) is 2.84. The Kier molecular flexibility index (Phi) is 4.31. The molecule has 1 aromatic rings. The summed E-state index contributed by atoms with van der Waals surface area (Å²) in [4.78, 5) is 36.3. The van der Waals surface area contributed by atoms with Gasteiger partial charge in [-0.3, -0.25) is 4.79 Å². The van der Waals surface area contributed by atoms with Crippen LogP contribution in [0.25, 0.3) is 0 Å². The monoisotopic (exact) mass is 318 g/mol. The predicted molar refractivity (Wildman–Crippen MR) is 86.3 cm³/mol. The van der Waals surface area contributed by atoms with Crippen molar-refractivity contribution in [2.45, 2.75) is 37.8 Å². The van der Waals surface area contributed by atoms with Gasteiger partial charge in [0.25, 0.3) is 0 Å². The summed E-state index contributed by atoms with van der Waals surface area (Å²) in [6, 6.07) is -0.457. The number of carbonyl (C=O) groups is 2. The van der Waals surface area contributed by atoms with Crippen LogP contribution in [0.15, 0.2) is 12.4 Å².